The number of amides is 1. The number of nitrogens with one attached hydrogen (secondary N) is 3. The van der Waals surface area contributed by atoms with Crippen molar-refractivity contribution in [1.82, 2.24) is 16.0 Å². The van der Waals surface area contributed by atoms with Gasteiger partial charge in [0.05, 0.1) is 42.3 Å². The SMILES string of the molecule is COC(=O)C1=C(C(F)(F)F)NC(C)=C(C(=O)OCCCCNC(=O)OCCCCNCC(O)COc2ccccc2)C1c1cccc([N+](=O)[O-])c1. The maximum absolute atomic E-state index is 14.1. The summed E-state index contributed by atoms with van der Waals surface area (Å²) in [4.78, 5) is 48.6. The second-order valence-electron chi connectivity index (χ2n) is 11.3. The van der Waals surface area contributed by atoms with Gasteiger partial charge in [0.15, 0.2) is 0 Å². The molecule has 2 unspecified atom stereocenters. The molecule has 0 saturated heterocycles. The molecule has 2 aromatic carbocycles. The molecule has 51 heavy (non-hydrogen) atoms. The Morgan fingerprint density at radius 2 is 1.65 bits per heavy atom. The quantitative estimate of drug-likeness (QED) is 0.0527. The molecule has 3 rings (SSSR count). The summed E-state index contributed by atoms with van der Waals surface area (Å²) in [6.07, 6.45) is -4.47. The third-order valence-electron chi connectivity index (χ3n) is 7.51. The van der Waals surface area contributed by atoms with Crippen LogP contribution in [0.15, 0.2) is 77.1 Å². The average Bonchev–Trinajstić information content (AvgIpc) is 3.10. The number of aliphatic hydroxyl groups is 1. The fraction of sp³-hybridized carbons (Fsp3) is 0.441. The first-order chi connectivity index (χ1) is 24.3. The zero-order chi connectivity index (χ0) is 37.4. The fourth-order valence-corrected chi connectivity index (χ4v) is 5.07. The summed E-state index contributed by atoms with van der Waals surface area (Å²) < 4.78 is 62.7. The van der Waals surface area contributed by atoms with E-state index in [2.05, 4.69) is 20.7 Å². The lowest BCUT2D eigenvalue weighted by Crippen LogP contribution is -2.38. The number of nitro groups is 1. The first-order valence-electron chi connectivity index (χ1n) is 16.1. The van der Waals surface area contributed by atoms with Crippen molar-refractivity contribution in [2.75, 3.05) is 46.6 Å². The summed E-state index contributed by atoms with van der Waals surface area (Å²) in [5, 5.41) is 29.2. The Labute approximate surface area is 292 Å². The van der Waals surface area contributed by atoms with Crippen molar-refractivity contribution in [1.29, 1.82) is 0 Å². The largest absolute Gasteiger partial charge is 0.491 e. The highest BCUT2D eigenvalue weighted by Gasteiger charge is 2.47. The molecule has 0 saturated carbocycles. The second-order valence-corrected chi connectivity index (χ2v) is 11.3. The number of dihydropyridines is 1. The van der Waals surface area contributed by atoms with E-state index in [1.165, 1.54) is 19.1 Å². The molecule has 14 nitrogen and oxygen atoms in total. The number of aliphatic hydroxyl groups excluding tert-OH is 1. The molecule has 17 heteroatoms. The van der Waals surface area contributed by atoms with Gasteiger partial charge in [0, 0.05) is 30.9 Å². The number of rotatable bonds is 19. The molecule has 0 fully saturated rings. The summed E-state index contributed by atoms with van der Waals surface area (Å²) in [6.45, 7) is 2.48. The van der Waals surface area contributed by atoms with Gasteiger partial charge in [0.25, 0.3) is 5.69 Å². The molecule has 0 bridgehead atoms. The predicted molar refractivity (Wildman–Crippen MR) is 176 cm³/mol. The number of alkyl carbamates (subject to hydrolysis) is 1. The van der Waals surface area contributed by atoms with Gasteiger partial charge in [-0.2, -0.15) is 13.2 Å². The highest BCUT2D eigenvalue weighted by molar-refractivity contribution is 6.00. The molecular weight excluding hydrogens is 681 g/mol. The number of nitro benzene ring substituents is 1. The minimum absolute atomic E-state index is 0.124. The van der Waals surface area contributed by atoms with Gasteiger partial charge >= 0.3 is 24.2 Å². The number of carbonyl (C=O) groups is 3. The fourth-order valence-electron chi connectivity index (χ4n) is 5.07. The summed E-state index contributed by atoms with van der Waals surface area (Å²) in [7, 11) is 0.874. The van der Waals surface area contributed by atoms with Gasteiger partial charge in [-0.05, 0) is 56.8 Å². The molecule has 4 N–H and O–H groups in total. The molecule has 0 radical (unpaired) electrons. The number of para-hydroxylation sites is 1. The first kappa shape index (κ1) is 40.3. The van der Waals surface area contributed by atoms with Crippen LogP contribution in [0, 0.1) is 10.1 Å². The van der Waals surface area contributed by atoms with E-state index in [-0.39, 0.29) is 49.6 Å². The second kappa shape index (κ2) is 19.9. The van der Waals surface area contributed by atoms with Gasteiger partial charge in [-0.3, -0.25) is 10.1 Å². The Morgan fingerprint density at radius 1 is 0.961 bits per heavy atom. The molecule has 2 atom stereocenters. The van der Waals surface area contributed by atoms with Crippen molar-refractivity contribution in [2.24, 2.45) is 0 Å². The van der Waals surface area contributed by atoms with Crippen LogP contribution in [-0.4, -0.2) is 86.9 Å². The molecule has 0 aromatic heterocycles. The maximum Gasteiger partial charge on any atom is 0.431 e. The van der Waals surface area contributed by atoms with E-state index in [9.17, 15) is 42.8 Å². The van der Waals surface area contributed by atoms with Crippen molar-refractivity contribution in [2.45, 2.75) is 50.8 Å². The number of non-ortho nitro benzene ring substituents is 1. The zero-order valence-electron chi connectivity index (χ0n) is 28.1. The Kier molecular flexibility index (Phi) is 15.7. The predicted octanol–water partition coefficient (Wildman–Crippen LogP) is 4.40. The van der Waals surface area contributed by atoms with E-state index in [4.69, 9.17) is 14.2 Å². The number of esters is 2. The Bertz CT molecular complexity index is 1570. The van der Waals surface area contributed by atoms with E-state index in [1.807, 2.05) is 18.2 Å². The van der Waals surface area contributed by atoms with Crippen LogP contribution in [0.2, 0.25) is 0 Å². The molecule has 0 aliphatic carbocycles. The average molecular weight is 723 g/mol. The number of hydrogen-bond acceptors (Lipinski definition) is 12. The molecular formula is C34H41F3N4O10. The third kappa shape index (κ3) is 12.6. The Hall–Kier alpha value is -5.16. The van der Waals surface area contributed by atoms with E-state index >= 15 is 0 Å². The number of ether oxygens (including phenoxy) is 4. The summed E-state index contributed by atoms with van der Waals surface area (Å²) in [6, 6.07) is 13.7. The lowest BCUT2D eigenvalue weighted by molar-refractivity contribution is -0.384. The van der Waals surface area contributed by atoms with Crippen LogP contribution in [0.5, 0.6) is 5.75 Å². The number of halogens is 3. The molecule has 2 aromatic rings. The number of nitrogens with zero attached hydrogens (tertiary/aromatic N) is 1. The number of hydrogen-bond donors (Lipinski definition) is 4. The van der Waals surface area contributed by atoms with Gasteiger partial charge in [-0.25, -0.2) is 14.4 Å². The number of unbranched alkanes of at least 4 members (excludes halogenated alkanes) is 2. The van der Waals surface area contributed by atoms with Crippen molar-refractivity contribution < 1.29 is 56.5 Å². The Morgan fingerprint density at radius 3 is 2.31 bits per heavy atom. The highest BCUT2D eigenvalue weighted by atomic mass is 19.4. The van der Waals surface area contributed by atoms with Gasteiger partial charge in [0.2, 0.25) is 0 Å². The standard InChI is InChI=1S/C34H41F3N4O10/c1-22-27(28(23-11-10-12-24(19-23)41(46)47)29(31(43)48-2)30(40-22)34(35,36)37)32(44)49-17-9-7-16-39-33(45)50-18-8-6-15-38-20-25(42)21-51-26-13-4-3-5-14-26/h3-5,10-14,19,25,28,38,40,42H,6-9,15-18,20-21H2,1-2H3,(H,39,45). The molecule has 1 aliphatic rings. The van der Waals surface area contributed by atoms with Gasteiger partial charge in [-0.15, -0.1) is 0 Å². The zero-order valence-corrected chi connectivity index (χ0v) is 28.1. The topological polar surface area (TPSA) is 188 Å². The number of carbonyl (C=O) groups excluding carboxylic acids is 3. The van der Waals surface area contributed by atoms with Crippen LogP contribution in [0.4, 0.5) is 23.7 Å². The third-order valence-corrected chi connectivity index (χ3v) is 7.51. The van der Waals surface area contributed by atoms with Crippen LogP contribution in [-0.2, 0) is 23.8 Å². The van der Waals surface area contributed by atoms with Crippen molar-refractivity contribution in [3.63, 3.8) is 0 Å². The maximum atomic E-state index is 14.1. The number of alkyl halides is 3. The first-order valence-corrected chi connectivity index (χ1v) is 16.1. The molecule has 0 spiro atoms. The normalized spacial score (nSPS) is 15.1. The monoisotopic (exact) mass is 722 g/mol. The van der Waals surface area contributed by atoms with E-state index in [1.54, 1.807) is 12.1 Å². The van der Waals surface area contributed by atoms with Crippen LogP contribution < -0.4 is 20.7 Å². The van der Waals surface area contributed by atoms with Crippen LogP contribution in [0.1, 0.15) is 44.1 Å². The molecule has 1 heterocycles. The number of allylic oxidation sites excluding steroid dienone is 2. The van der Waals surface area contributed by atoms with Gasteiger partial charge in [0.1, 0.15) is 24.2 Å². The number of benzene rings is 2. The van der Waals surface area contributed by atoms with Gasteiger partial charge in [-0.1, -0.05) is 30.3 Å². The van der Waals surface area contributed by atoms with Crippen molar-refractivity contribution >= 4 is 23.7 Å². The highest BCUT2D eigenvalue weighted by Crippen LogP contribution is 2.44. The van der Waals surface area contributed by atoms with E-state index in [0.717, 1.165) is 19.2 Å². The molecule has 278 valence electrons. The summed E-state index contributed by atoms with van der Waals surface area (Å²) in [5.41, 5.74) is -3.62. The lowest BCUT2D eigenvalue weighted by atomic mass is 9.80. The molecule has 1 aliphatic heterocycles. The smallest absolute Gasteiger partial charge is 0.431 e. The number of methoxy groups -OCH3 is 1. The lowest BCUT2D eigenvalue weighted by Gasteiger charge is -2.31. The molecule has 1 amide bonds. The minimum Gasteiger partial charge on any atom is -0.491 e. The Balaban J connectivity index is 1.42. The van der Waals surface area contributed by atoms with Crippen LogP contribution >= 0.6 is 0 Å². The van der Waals surface area contributed by atoms with Crippen LogP contribution in [0.3, 0.4) is 0 Å². The van der Waals surface area contributed by atoms with Gasteiger partial charge < -0.3 is 40.0 Å². The van der Waals surface area contributed by atoms with Crippen molar-refractivity contribution in [3.05, 3.63) is 92.8 Å². The summed E-state index contributed by atoms with van der Waals surface area (Å²) >= 11 is 0. The van der Waals surface area contributed by atoms with E-state index < -0.39 is 58.1 Å². The van der Waals surface area contributed by atoms with Crippen molar-refractivity contribution in [3.8, 4) is 5.75 Å². The minimum atomic E-state index is -5.06. The van der Waals surface area contributed by atoms with Crippen LogP contribution in [0.25, 0.3) is 0 Å². The summed E-state index contributed by atoms with van der Waals surface area (Å²) in [5.74, 6) is -3.45. The van der Waals surface area contributed by atoms with E-state index in [0.29, 0.717) is 38.1 Å².